The molecule has 2 nitrogen and oxygen atoms in total. The minimum Gasteiger partial charge on any atom is -0.455 e. The van der Waals surface area contributed by atoms with E-state index in [9.17, 15) is 0 Å². The molecule has 1 aliphatic rings. The first-order chi connectivity index (χ1) is 26.8. The van der Waals surface area contributed by atoms with Crippen LogP contribution in [0.5, 0.6) is 11.5 Å². The first-order valence-electron chi connectivity index (χ1n) is 18.4. The molecule has 0 spiro atoms. The number of rotatable bonds is 6. The Balaban J connectivity index is 1.13. The molecule has 54 heavy (non-hydrogen) atoms. The molecule has 2 heteroatoms. The van der Waals surface area contributed by atoms with E-state index in [1.165, 1.54) is 22.3 Å². The Morgan fingerprint density at radius 2 is 0.833 bits per heavy atom. The highest BCUT2D eigenvalue weighted by molar-refractivity contribution is 6.02. The number of para-hydroxylation sites is 1. The van der Waals surface area contributed by atoms with Crippen molar-refractivity contribution < 1.29 is 4.74 Å². The molecule has 1 aliphatic heterocycles. The third-order valence-corrected chi connectivity index (χ3v) is 10.5. The van der Waals surface area contributed by atoms with Crippen LogP contribution in [0.4, 0.5) is 17.1 Å². The second kappa shape index (κ2) is 13.4. The second-order valence-electron chi connectivity index (χ2n) is 13.7. The lowest BCUT2D eigenvalue weighted by Gasteiger charge is -2.27. The zero-order chi connectivity index (χ0) is 35.8. The van der Waals surface area contributed by atoms with E-state index in [1.807, 2.05) is 0 Å². The highest BCUT2D eigenvalue weighted by Gasteiger charge is 2.25. The van der Waals surface area contributed by atoms with Gasteiger partial charge in [-0.2, -0.15) is 0 Å². The standard InChI is InChI=1S/C52H35NO/c1-4-14-36(15-5-1)40-27-31-48-50-35-43(30-33-47(50)49-32-26-38-18-10-11-23-46(38)52(49)54-51(48)34-40)53(41-19-8-3-9-20-41)42-28-24-39(25-29-42)45-22-13-12-21-44(45)37-16-6-2-7-17-37/h1-35H. The van der Waals surface area contributed by atoms with Gasteiger partial charge < -0.3 is 9.64 Å². The molecule has 0 aromatic heterocycles. The van der Waals surface area contributed by atoms with Crippen molar-refractivity contribution in [2.24, 2.45) is 0 Å². The first kappa shape index (κ1) is 31.6. The van der Waals surface area contributed by atoms with Crippen LogP contribution in [0.1, 0.15) is 0 Å². The Morgan fingerprint density at radius 3 is 1.57 bits per heavy atom. The summed E-state index contributed by atoms with van der Waals surface area (Å²) in [6.45, 7) is 0. The van der Waals surface area contributed by atoms with E-state index in [0.717, 1.165) is 72.7 Å². The van der Waals surface area contributed by atoms with Crippen LogP contribution in [0, 0.1) is 0 Å². The molecule has 9 aromatic rings. The molecule has 9 aromatic carbocycles. The van der Waals surface area contributed by atoms with Gasteiger partial charge >= 0.3 is 0 Å². The number of nitrogens with zero attached hydrogens (tertiary/aromatic N) is 1. The monoisotopic (exact) mass is 689 g/mol. The summed E-state index contributed by atoms with van der Waals surface area (Å²) in [5.41, 5.74) is 14.8. The summed E-state index contributed by atoms with van der Waals surface area (Å²) in [4.78, 5) is 2.35. The zero-order valence-electron chi connectivity index (χ0n) is 29.6. The van der Waals surface area contributed by atoms with Crippen molar-refractivity contribution in [3.8, 4) is 67.1 Å². The number of hydrogen-bond donors (Lipinski definition) is 0. The van der Waals surface area contributed by atoms with Crippen LogP contribution in [0.2, 0.25) is 0 Å². The van der Waals surface area contributed by atoms with E-state index in [2.05, 4.69) is 217 Å². The van der Waals surface area contributed by atoms with Crippen LogP contribution in [-0.2, 0) is 0 Å². The summed E-state index contributed by atoms with van der Waals surface area (Å²) in [5.74, 6) is 1.73. The van der Waals surface area contributed by atoms with Gasteiger partial charge in [0.25, 0.3) is 0 Å². The minimum absolute atomic E-state index is 0.845. The molecule has 0 saturated heterocycles. The van der Waals surface area contributed by atoms with Gasteiger partial charge in [-0.1, -0.05) is 158 Å². The highest BCUT2D eigenvalue weighted by Crippen LogP contribution is 2.51. The van der Waals surface area contributed by atoms with Crippen molar-refractivity contribution >= 4 is 27.8 Å². The van der Waals surface area contributed by atoms with Crippen molar-refractivity contribution in [1.82, 2.24) is 0 Å². The van der Waals surface area contributed by atoms with E-state index in [0.29, 0.717) is 0 Å². The number of benzene rings is 9. The van der Waals surface area contributed by atoms with E-state index in [4.69, 9.17) is 4.74 Å². The minimum atomic E-state index is 0.845. The molecular formula is C52H35NO. The number of fused-ring (bicyclic) bond motifs is 7. The lowest BCUT2D eigenvalue weighted by molar-refractivity contribution is 0.493. The summed E-state index contributed by atoms with van der Waals surface area (Å²) in [6.07, 6.45) is 0. The summed E-state index contributed by atoms with van der Waals surface area (Å²) < 4.78 is 7.01. The van der Waals surface area contributed by atoms with Crippen LogP contribution < -0.4 is 9.64 Å². The Kier molecular flexibility index (Phi) is 7.85. The third-order valence-electron chi connectivity index (χ3n) is 10.5. The first-order valence-corrected chi connectivity index (χ1v) is 18.4. The molecule has 0 N–H and O–H groups in total. The SMILES string of the molecule is c1ccc(-c2ccc3c(c2)Oc2c(ccc4ccccc24)-c2ccc(N(c4ccccc4)c4ccc(-c5ccccc5-c5ccccc5)cc4)cc2-3)cc1. The smallest absolute Gasteiger partial charge is 0.143 e. The van der Waals surface area contributed by atoms with Gasteiger partial charge in [0.1, 0.15) is 11.5 Å². The Morgan fingerprint density at radius 1 is 0.296 bits per heavy atom. The molecule has 254 valence electrons. The van der Waals surface area contributed by atoms with E-state index < -0.39 is 0 Å². The van der Waals surface area contributed by atoms with Gasteiger partial charge in [-0.15, -0.1) is 0 Å². The van der Waals surface area contributed by atoms with Crippen molar-refractivity contribution in [2.75, 3.05) is 4.90 Å². The van der Waals surface area contributed by atoms with Crippen molar-refractivity contribution in [1.29, 1.82) is 0 Å². The Labute approximate surface area is 315 Å². The van der Waals surface area contributed by atoms with Gasteiger partial charge in [-0.3, -0.25) is 0 Å². The van der Waals surface area contributed by atoms with Crippen molar-refractivity contribution in [3.63, 3.8) is 0 Å². The molecular weight excluding hydrogens is 655 g/mol. The zero-order valence-corrected chi connectivity index (χ0v) is 29.6. The van der Waals surface area contributed by atoms with Crippen LogP contribution in [-0.4, -0.2) is 0 Å². The lowest BCUT2D eigenvalue weighted by atomic mass is 9.91. The molecule has 0 atom stereocenters. The van der Waals surface area contributed by atoms with Gasteiger partial charge in [0.05, 0.1) is 0 Å². The molecule has 0 aliphatic carbocycles. The van der Waals surface area contributed by atoms with Gasteiger partial charge in [0, 0.05) is 33.6 Å². The predicted molar refractivity (Wildman–Crippen MR) is 226 cm³/mol. The highest BCUT2D eigenvalue weighted by atomic mass is 16.5. The molecule has 0 amide bonds. The molecule has 1 heterocycles. The summed E-state index contributed by atoms with van der Waals surface area (Å²) in [5, 5.41) is 2.25. The van der Waals surface area contributed by atoms with Crippen LogP contribution in [0.15, 0.2) is 212 Å². The topological polar surface area (TPSA) is 12.5 Å². The van der Waals surface area contributed by atoms with Crippen LogP contribution >= 0.6 is 0 Å². The fraction of sp³-hybridized carbons (Fsp3) is 0. The fourth-order valence-corrected chi connectivity index (χ4v) is 7.86. The van der Waals surface area contributed by atoms with Gasteiger partial charge in [-0.25, -0.2) is 0 Å². The van der Waals surface area contributed by atoms with Gasteiger partial charge in [0.2, 0.25) is 0 Å². The second-order valence-corrected chi connectivity index (χ2v) is 13.7. The maximum absolute atomic E-state index is 7.01. The van der Waals surface area contributed by atoms with E-state index in [-0.39, 0.29) is 0 Å². The van der Waals surface area contributed by atoms with Crippen LogP contribution in [0.25, 0.3) is 66.4 Å². The average molecular weight is 690 g/mol. The molecule has 0 fully saturated rings. The maximum atomic E-state index is 7.01. The number of anilines is 3. The third kappa shape index (κ3) is 5.62. The average Bonchev–Trinajstić information content (AvgIpc) is 3.39. The molecule has 10 rings (SSSR count). The predicted octanol–water partition coefficient (Wildman–Crippen LogP) is 14.8. The summed E-state index contributed by atoms with van der Waals surface area (Å²) in [7, 11) is 0. The molecule has 0 saturated carbocycles. The normalized spacial score (nSPS) is 11.5. The van der Waals surface area contributed by atoms with Gasteiger partial charge in [-0.05, 0) is 104 Å². The summed E-state index contributed by atoms with van der Waals surface area (Å²) in [6, 6.07) is 75.7. The maximum Gasteiger partial charge on any atom is 0.143 e. The van der Waals surface area contributed by atoms with E-state index in [1.54, 1.807) is 0 Å². The molecule has 0 bridgehead atoms. The quantitative estimate of drug-likeness (QED) is 0.172. The Bertz CT molecular complexity index is 2770. The number of hydrogen-bond acceptors (Lipinski definition) is 2. The summed E-state index contributed by atoms with van der Waals surface area (Å²) >= 11 is 0. The van der Waals surface area contributed by atoms with Gasteiger partial charge in [0.15, 0.2) is 0 Å². The fourth-order valence-electron chi connectivity index (χ4n) is 7.86. The van der Waals surface area contributed by atoms with E-state index >= 15 is 0 Å². The largest absolute Gasteiger partial charge is 0.455 e. The van der Waals surface area contributed by atoms with Crippen LogP contribution in [0.3, 0.4) is 0 Å². The number of ether oxygens (including phenoxy) is 1. The van der Waals surface area contributed by atoms with Crippen molar-refractivity contribution in [3.05, 3.63) is 212 Å². The lowest BCUT2D eigenvalue weighted by Crippen LogP contribution is -2.10. The molecule has 0 radical (unpaired) electrons. The van der Waals surface area contributed by atoms with Crippen molar-refractivity contribution in [2.45, 2.75) is 0 Å². The Hall–Kier alpha value is -7.16. The molecule has 0 unspecified atom stereocenters.